The molecule has 26 heavy (non-hydrogen) atoms. The van der Waals surface area contributed by atoms with Gasteiger partial charge in [-0.1, -0.05) is 0 Å². The molecular formula is C17H20F3N5O. The number of nitrogens with zero attached hydrogens (tertiary/aromatic N) is 5. The first-order chi connectivity index (χ1) is 12.3. The van der Waals surface area contributed by atoms with Crippen molar-refractivity contribution in [2.75, 3.05) is 31.1 Å². The van der Waals surface area contributed by atoms with Gasteiger partial charge >= 0.3 is 6.18 Å². The summed E-state index contributed by atoms with van der Waals surface area (Å²) in [5.41, 5.74) is -0.761. The Hall–Kier alpha value is -2.58. The van der Waals surface area contributed by atoms with Gasteiger partial charge in [0.15, 0.2) is 0 Å². The van der Waals surface area contributed by atoms with Gasteiger partial charge in [-0.05, 0) is 19.1 Å². The highest BCUT2D eigenvalue weighted by atomic mass is 19.4. The molecule has 0 aromatic carbocycles. The van der Waals surface area contributed by atoms with Gasteiger partial charge in [-0.15, -0.1) is 0 Å². The maximum Gasteiger partial charge on any atom is 0.417 e. The molecule has 6 nitrogen and oxygen atoms in total. The highest BCUT2D eigenvalue weighted by Gasteiger charge is 2.31. The molecule has 1 aliphatic rings. The summed E-state index contributed by atoms with van der Waals surface area (Å²) in [4.78, 5) is 24.0. The molecule has 0 unspecified atom stereocenters. The fourth-order valence-electron chi connectivity index (χ4n) is 2.94. The van der Waals surface area contributed by atoms with E-state index in [0.29, 0.717) is 38.4 Å². The summed E-state index contributed by atoms with van der Waals surface area (Å²) < 4.78 is 39.7. The second kappa shape index (κ2) is 7.35. The Balaban J connectivity index is 1.53. The monoisotopic (exact) mass is 367 g/mol. The SMILES string of the molecule is C[C@H](CC(=O)N1CCN(c2ccc(C(F)(F)F)cn2)CC1)n1ccnc1. The summed E-state index contributed by atoms with van der Waals surface area (Å²) in [6.45, 7) is 4.10. The number of rotatable bonds is 4. The smallest absolute Gasteiger partial charge is 0.353 e. The van der Waals surface area contributed by atoms with E-state index in [1.165, 1.54) is 6.07 Å². The predicted molar refractivity (Wildman–Crippen MR) is 89.6 cm³/mol. The zero-order valence-electron chi connectivity index (χ0n) is 14.4. The minimum absolute atomic E-state index is 0.0274. The van der Waals surface area contributed by atoms with Crippen molar-refractivity contribution in [3.63, 3.8) is 0 Å². The van der Waals surface area contributed by atoms with Crippen LogP contribution in [0.5, 0.6) is 0 Å². The largest absolute Gasteiger partial charge is 0.417 e. The number of amides is 1. The lowest BCUT2D eigenvalue weighted by molar-refractivity contribution is -0.138. The molecule has 1 fully saturated rings. The highest BCUT2D eigenvalue weighted by Crippen LogP contribution is 2.29. The van der Waals surface area contributed by atoms with E-state index in [9.17, 15) is 18.0 Å². The number of carbonyl (C=O) groups is 1. The van der Waals surface area contributed by atoms with E-state index in [4.69, 9.17) is 0 Å². The second-order valence-corrected chi connectivity index (χ2v) is 6.33. The van der Waals surface area contributed by atoms with E-state index in [-0.39, 0.29) is 11.9 Å². The molecule has 0 saturated carbocycles. The fraction of sp³-hybridized carbons (Fsp3) is 0.471. The maximum atomic E-state index is 12.6. The van der Waals surface area contributed by atoms with E-state index >= 15 is 0 Å². The van der Waals surface area contributed by atoms with Gasteiger partial charge in [0.05, 0.1) is 11.9 Å². The van der Waals surface area contributed by atoms with Crippen LogP contribution in [0.2, 0.25) is 0 Å². The first-order valence-corrected chi connectivity index (χ1v) is 8.38. The Bertz CT molecular complexity index is 722. The number of aromatic nitrogens is 3. The van der Waals surface area contributed by atoms with Crippen molar-refractivity contribution in [1.82, 2.24) is 19.4 Å². The molecule has 0 spiro atoms. The number of alkyl halides is 3. The van der Waals surface area contributed by atoms with Gasteiger partial charge in [0, 0.05) is 57.2 Å². The first kappa shape index (κ1) is 18.2. The quantitative estimate of drug-likeness (QED) is 0.834. The standard InChI is InChI=1S/C17H20F3N5O/c1-13(25-5-4-21-12-25)10-16(26)24-8-6-23(7-9-24)15-3-2-14(11-22-15)17(18,19)20/h2-5,11-13H,6-10H2,1H3/t13-/m1/s1. The maximum absolute atomic E-state index is 12.6. The van der Waals surface area contributed by atoms with Gasteiger partial charge in [0.25, 0.3) is 0 Å². The molecule has 140 valence electrons. The topological polar surface area (TPSA) is 54.3 Å². The molecule has 1 amide bonds. The summed E-state index contributed by atoms with van der Waals surface area (Å²) in [5.74, 6) is 0.558. The number of anilines is 1. The number of piperazine rings is 1. The molecule has 3 heterocycles. The van der Waals surface area contributed by atoms with Crippen molar-refractivity contribution >= 4 is 11.7 Å². The average Bonchev–Trinajstić information content (AvgIpc) is 3.16. The number of imidazole rings is 1. The number of carbonyl (C=O) groups excluding carboxylic acids is 1. The molecule has 2 aromatic rings. The summed E-state index contributed by atoms with van der Waals surface area (Å²) in [6.07, 6.45) is 2.03. The van der Waals surface area contributed by atoms with Crippen LogP contribution in [-0.4, -0.2) is 51.5 Å². The van der Waals surface area contributed by atoms with Crippen LogP contribution in [0.25, 0.3) is 0 Å². The van der Waals surface area contributed by atoms with Crippen molar-refractivity contribution in [3.05, 3.63) is 42.6 Å². The first-order valence-electron chi connectivity index (χ1n) is 8.38. The van der Waals surface area contributed by atoms with Gasteiger partial charge in [-0.3, -0.25) is 4.79 Å². The third-order valence-electron chi connectivity index (χ3n) is 4.54. The zero-order valence-corrected chi connectivity index (χ0v) is 14.4. The van der Waals surface area contributed by atoms with Crippen molar-refractivity contribution in [1.29, 1.82) is 0 Å². The number of pyridine rings is 1. The van der Waals surface area contributed by atoms with Crippen LogP contribution in [0.15, 0.2) is 37.1 Å². The van der Waals surface area contributed by atoms with Crippen molar-refractivity contribution < 1.29 is 18.0 Å². The normalized spacial score (nSPS) is 16.6. The van der Waals surface area contributed by atoms with Gasteiger partial charge in [-0.2, -0.15) is 13.2 Å². The van der Waals surface area contributed by atoms with E-state index < -0.39 is 11.7 Å². The van der Waals surface area contributed by atoms with Crippen molar-refractivity contribution in [2.24, 2.45) is 0 Å². The third kappa shape index (κ3) is 4.14. The van der Waals surface area contributed by atoms with Gasteiger partial charge < -0.3 is 14.4 Å². The van der Waals surface area contributed by atoms with Crippen LogP contribution < -0.4 is 4.90 Å². The molecule has 1 atom stereocenters. The van der Waals surface area contributed by atoms with Crippen LogP contribution in [-0.2, 0) is 11.0 Å². The Kier molecular flexibility index (Phi) is 5.15. The molecule has 1 saturated heterocycles. The van der Waals surface area contributed by atoms with Crippen LogP contribution in [0, 0.1) is 0 Å². The van der Waals surface area contributed by atoms with E-state index in [1.54, 1.807) is 17.4 Å². The summed E-state index contributed by atoms with van der Waals surface area (Å²) >= 11 is 0. The van der Waals surface area contributed by atoms with E-state index in [0.717, 1.165) is 12.3 Å². The number of hydrogen-bond acceptors (Lipinski definition) is 4. The van der Waals surface area contributed by atoms with E-state index in [2.05, 4.69) is 9.97 Å². The zero-order chi connectivity index (χ0) is 18.7. The number of hydrogen-bond donors (Lipinski definition) is 0. The summed E-state index contributed by atoms with van der Waals surface area (Å²) in [7, 11) is 0. The van der Waals surface area contributed by atoms with Gasteiger partial charge in [0.2, 0.25) is 5.91 Å². The lowest BCUT2D eigenvalue weighted by atomic mass is 10.2. The Morgan fingerprint density at radius 3 is 2.50 bits per heavy atom. The molecule has 0 aliphatic carbocycles. The highest BCUT2D eigenvalue weighted by molar-refractivity contribution is 5.77. The average molecular weight is 367 g/mol. The van der Waals surface area contributed by atoms with Crippen LogP contribution in [0.1, 0.15) is 24.9 Å². The van der Waals surface area contributed by atoms with Crippen LogP contribution in [0.3, 0.4) is 0 Å². The van der Waals surface area contributed by atoms with Crippen LogP contribution >= 0.6 is 0 Å². The molecule has 3 rings (SSSR count). The molecule has 1 aliphatic heterocycles. The Labute approximate surface area is 149 Å². The van der Waals surface area contributed by atoms with Crippen molar-refractivity contribution in [3.8, 4) is 0 Å². The molecule has 0 N–H and O–H groups in total. The Morgan fingerprint density at radius 2 is 1.96 bits per heavy atom. The summed E-state index contributed by atoms with van der Waals surface area (Å²) in [5, 5.41) is 0. The Morgan fingerprint density at radius 1 is 1.23 bits per heavy atom. The molecular weight excluding hydrogens is 347 g/mol. The third-order valence-corrected chi connectivity index (χ3v) is 4.54. The summed E-state index contributed by atoms with van der Waals surface area (Å²) in [6, 6.07) is 2.44. The van der Waals surface area contributed by atoms with Crippen LogP contribution in [0.4, 0.5) is 19.0 Å². The minimum Gasteiger partial charge on any atom is -0.353 e. The van der Waals surface area contributed by atoms with Gasteiger partial charge in [-0.25, -0.2) is 9.97 Å². The van der Waals surface area contributed by atoms with E-state index in [1.807, 2.05) is 22.6 Å². The molecule has 0 radical (unpaired) electrons. The van der Waals surface area contributed by atoms with Crippen molar-refractivity contribution in [2.45, 2.75) is 25.6 Å². The number of halogens is 3. The fourth-order valence-corrected chi connectivity index (χ4v) is 2.94. The lowest BCUT2D eigenvalue weighted by Crippen LogP contribution is -2.49. The molecule has 2 aromatic heterocycles. The minimum atomic E-state index is -4.39. The predicted octanol–water partition coefficient (Wildman–Crippen LogP) is 2.60. The molecule has 9 heteroatoms. The van der Waals surface area contributed by atoms with Gasteiger partial charge in [0.1, 0.15) is 5.82 Å². The lowest BCUT2D eigenvalue weighted by Gasteiger charge is -2.36. The second-order valence-electron chi connectivity index (χ2n) is 6.33. The molecule has 0 bridgehead atoms.